The molecule has 0 bridgehead atoms. The van der Waals surface area contributed by atoms with E-state index in [4.69, 9.17) is 10.6 Å². The van der Waals surface area contributed by atoms with Crippen LogP contribution in [0, 0.1) is 0 Å². The summed E-state index contributed by atoms with van der Waals surface area (Å²) in [7, 11) is 2.68. The molecule has 1 rings (SSSR count). The van der Waals surface area contributed by atoms with Crippen molar-refractivity contribution in [2.75, 3.05) is 25.0 Å². The number of rotatable bonds is 2. The Morgan fingerprint density at radius 1 is 1.33 bits per heavy atom. The summed E-state index contributed by atoms with van der Waals surface area (Å²) in [5.74, 6) is 0. The van der Waals surface area contributed by atoms with Crippen LogP contribution in [0.1, 0.15) is 5.56 Å². The van der Waals surface area contributed by atoms with Gasteiger partial charge in [-0.15, -0.1) is 0 Å². The third-order valence-corrected chi connectivity index (χ3v) is 1.94. The quantitative estimate of drug-likeness (QED) is 0.613. The zero-order valence-corrected chi connectivity index (χ0v) is 8.30. The van der Waals surface area contributed by atoms with Crippen molar-refractivity contribution in [2.24, 2.45) is 0 Å². The fraction of sp³-hybridized carbons (Fsp3) is 0.333. The molecule has 0 aromatic heterocycles. The summed E-state index contributed by atoms with van der Waals surface area (Å²) in [6.07, 6.45) is -4.45. The van der Waals surface area contributed by atoms with Gasteiger partial charge in [-0.1, -0.05) is 0 Å². The minimum Gasteiger partial charge on any atom is -0.399 e. The van der Waals surface area contributed by atoms with Crippen LogP contribution in [0.4, 0.5) is 24.5 Å². The van der Waals surface area contributed by atoms with E-state index in [2.05, 4.69) is 0 Å². The summed E-state index contributed by atoms with van der Waals surface area (Å²) < 4.78 is 37.8. The highest BCUT2D eigenvalue weighted by Crippen LogP contribution is 2.37. The maximum atomic E-state index is 12.6. The third-order valence-electron chi connectivity index (χ3n) is 1.94. The number of halogens is 3. The standard InChI is InChI=1S/C9H11F3N2O/c1-14(15-2)8-4-3-6(13)5-7(8)9(10,11)12/h3-5H,13H2,1-2H3. The first-order chi connectivity index (χ1) is 6.86. The summed E-state index contributed by atoms with van der Waals surface area (Å²) in [4.78, 5) is 4.70. The average Bonchev–Trinajstić information content (AvgIpc) is 2.15. The second kappa shape index (κ2) is 3.98. The summed E-state index contributed by atoms with van der Waals surface area (Å²) in [6.45, 7) is 0. The number of alkyl halides is 3. The SMILES string of the molecule is CON(C)c1ccc(N)cc1C(F)(F)F. The number of benzene rings is 1. The van der Waals surface area contributed by atoms with Gasteiger partial charge in [0.15, 0.2) is 0 Å². The van der Waals surface area contributed by atoms with Crippen LogP contribution in [0.15, 0.2) is 18.2 Å². The zero-order chi connectivity index (χ0) is 11.6. The highest BCUT2D eigenvalue weighted by molar-refractivity contribution is 5.59. The lowest BCUT2D eigenvalue weighted by Crippen LogP contribution is -2.20. The van der Waals surface area contributed by atoms with Crippen molar-refractivity contribution in [3.8, 4) is 0 Å². The number of nitrogens with two attached hydrogens (primary N) is 1. The third kappa shape index (κ3) is 2.53. The van der Waals surface area contributed by atoms with Crippen LogP contribution in [0.25, 0.3) is 0 Å². The Balaban J connectivity index is 3.27. The van der Waals surface area contributed by atoms with Gasteiger partial charge in [-0.25, -0.2) is 0 Å². The lowest BCUT2D eigenvalue weighted by molar-refractivity contribution is -0.137. The van der Waals surface area contributed by atoms with Gasteiger partial charge in [0.05, 0.1) is 18.4 Å². The number of nitrogens with zero attached hydrogens (tertiary/aromatic N) is 1. The average molecular weight is 220 g/mol. The molecular weight excluding hydrogens is 209 g/mol. The Morgan fingerprint density at radius 3 is 2.40 bits per heavy atom. The van der Waals surface area contributed by atoms with Gasteiger partial charge in [0.2, 0.25) is 0 Å². The molecule has 0 fully saturated rings. The molecular formula is C9H11F3N2O. The van der Waals surface area contributed by atoms with E-state index in [1.807, 2.05) is 0 Å². The first-order valence-electron chi connectivity index (χ1n) is 4.11. The van der Waals surface area contributed by atoms with E-state index in [1.54, 1.807) is 0 Å². The van der Waals surface area contributed by atoms with E-state index in [9.17, 15) is 13.2 Å². The molecule has 0 saturated heterocycles. The lowest BCUT2D eigenvalue weighted by Gasteiger charge is -2.21. The monoisotopic (exact) mass is 220 g/mol. The predicted molar refractivity (Wildman–Crippen MR) is 51.3 cm³/mol. The predicted octanol–water partition coefficient (Wildman–Crippen LogP) is 2.29. The second-order valence-electron chi connectivity index (χ2n) is 2.95. The lowest BCUT2D eigenvalue weighted by atomic mass is 10.1. The largest absolute Gasteiger partial charge is 0.418 e. The molecule has 15 heavy (non-hydrogen) atoms. The fourth-order valence-corrected chi connectivity index (χ4v) is 1.15. The molecule has 3 nitrogen and oxygen atoms in total. The normalized spacial score (nSPS) is 11.5. The van der Waals surface area contributed by atoms with Gasteiger partial charge in [0.25, 0.3) is 0 Å². The van der Waals surface area contributed by atoms with Gasteiger partial charge < -0.3 is 5.73 Å². The fourth-order valence-electron chi connectivity index (χ4n) is 1.15. The van der Waals surface area contributed by atoms with E-state index in [-0.39, 0.29) is 11.4 Å². The van der Waals surface area contributed by atoms with E-state index in [1.165, 1.54) is 26.3 Å². The first kappa shape index (κ1) is 11.6. The highest BCUT2D eigenvalue weighted by Gasteiger charge is 2.34. The number of anilines is 2. The van der Waals surface area contributed by atoms with Gasteiger partial charge in [-0.2, -0.15) is 13.2 Å². The molecule has 0 saturated carbocycles. The Bertz CT molecular complexity index is 352. The van der Waals surface area contributed by atoms with Crippen molar-refractivity contribution in [1.29, 1.82) is 0 Å². The molecule has 84 valence electrons. The molecule has 0 unspecified atom stereocenters. The van der Waals surface area contributed by atoms with Crippen molar-refractivity contribution < 1.29 is 18.0 Å². The summed E-state index contributed by atoms with van der Waals surface area (Å²) >= 11 is 0. The Kier molecular flexibility index (Phi) is 3.09. The molecule has 1 aromatic carbocycles. The van der Waals surface area contributed by atoms with E-state index >= 15 is 0 Å². The van der Waals surface area contributed by atoms with Crippen molar-refractivity contribution in [3.05, 3.63) is 23.8 Å². The van der Waals surface area contributed by atoms with E-state index in [0.29, 0.717) is 0 Å². The minimum absolute atomic E-state index is 0.0654. The Hall–Kier alpha value is -1.43. The van der Waals surface area contributed by atoms with Gasteiger partial charge in [-0.05, 0) is 18.2 Å². The van der Waals surface area contributed by atoms with Gasteiger partial charge in [0.1, 0.15) is 0 Å². The van der Waals surface area contributed by atoms with Crippen molar-refractivity contribution in [1.82, 2.24) is 0 Å². The van der Waals surface area contributed by atoms with Gasteiger partial charge >= 0.3 is 6.18 Å². The topological polar surface area (TPSA) is 38.5 Å². The van der Waals surface area contributed by atoms with Crippen molar-refractivity contribution >= 4 is 11.4 Å². The van der Waals surface area contributed by atoms with Crippen LogP contribution in [0.2, 0.25) is 0 Å². The number of nitrogen functional groups attached to an aromatic ring is 1. The van der Waals surface area contributed by atoms with E-state index < -0.39 is 11.7 Å². The molecule has 0 amide bonds. The molecule has 0 aliphatic heterocycles. The van der Waals surface area contributed by atoms with Gasteiger partial charge in [-0.3, -0.25) is 9.90 Å². The van der Waals surface area contributed by atoms with Crippen LogP contribution in [-0.2, 0) is 11.0 Å². The van der Waals surface area contributed by atoms with Crippen LogP contribution < -0.4 is 10.8 Å². The molecule has 0 aliphatic carbocycles. The first-order valence-corrected chi connectivity index (χ1v) is 4.11. The van der Waals surface area contributed by atoms with Crippen LogP contribution >= 0.6 is 0 Å². The maximum absolute atomic E-state index is 12.6. The molecule has 6 heteroatoms. The number of hydrogen-bond donors (Lipinski definition) is 1. The molecule has 0 aliphatic rings. The molecule has 1 aromatic rings. The van der Waals surface area contributed by atoms with Crippen molar-refractivity contribution in [2.45, 2.75) is 6.18 Å². The highest BCUT2D eigenvalue weighted by atomic mass is 19.4. The summed E-state index contributed by atoms with van der Waals surface area (Å²) in [5, 5.41) is 1.03. The summed E-state index contributed by atoms with van der Waals surface area (Å²) in [6, 6.07) is 3.53. The van der Waals surface area contributed by atoms with Crippen LogP contribution in [0.5, 0.6) is 0 Å². The Morgan fingerprint density at radius 2 is 1.93 bits per heavy atom. The smallest absolute Gasteiger partial charge is 0.399 e. The molecule has 0 radical (unpaired) electrons. The van der Waals surface area contributed by atoms with E-state index in [0.717, 1.165) is 11.1 Å². The number of hydroxylamine groups is 1. The minimum atomic E-state index is -4.45. The number of hydrogen-bond acceptors (Lipinski definition) is 3. The molecule has 0 spiro atoms. The maximum Gasteiger partial charge on any atom is 0.418 e. The zero-order valence-electron chi connectivity index (χ0n) is 8.30. The van der Waals surface area contributed by atoms with Crippen LogP contribution in [0.3, 0.4) is 0 Å². The van der Waals surface area contributed by atoms with Crippen LogP contribution in [-0.4, -0.2) is 14.2 Å². The molecule has 0 heterocycles. The summed E-state index contributed by atoms with van der Waals surface area (Å²) in [5.41, 5.74) is 4.49. The van der Waals surface area contributed by atoms with Crippen molar-refractivity contribution in [3.63, 3.8) is 0 Å². The molecule has 2 N–H and O–H groups in total. The Labute approximate surface area is 85.2 Å². The van der Waals surface area contributed by atoms with Gasteiger partial charge in [0, 0.05) is 12.7 Å². The second-order valence-corrected chi connectivity index (χ2v) is 2.95. The molecule has 0 atom stereocenters.